The average molecular weight is 323 g/mol. The van der Waals surface area contributed by atoms with Crippen molar-refractivity contribution in [3.8, 4) is 0 Å². The molecule has 128 valence electrons. The predicted octanol–water partition coefficient (Wildman–Crippen LogP) is 4.00. The van der Waals surface area contributed by atoms with Crippen LogP contribution >= 0.6 is 0 Å². The monoisotopic (exact) mass is 323 g/mol. The molecular weight excluding hydrogens is 298 g/mol. The lowest BCUT2D eigenvalue weighted by Crippen LogP contribution is -2.05. The van der Waals surface area contributed by atoms with Gasteiger partial charge in [-0.15, -0.1) is 0 Å². The second kappa shape index (κ2) is 11.4. The summed E-state index contributed by atoms with van der Waals surface area (Å²) in [4.78, 5) is 24.7. The molecule has 1 aromatic rings. The number of nitro groups is 1. The maximum Gasteiger partial charge on any atom is 0.311 e. The van der Waals surface area contributed by atoms with Crippen molar-refractivity contribution < 1.29 is 14.8 Å². The Morgan fingerprint density at radius 2 is 1.74 bits per heavy atom. The molecule has 7 heteroatoms. The molecule has 0 aliphatic heterocycles. The van der Waals surface area contributed by atoms with Gasteiger partial charge in [-0.3, -0.25) is 14.9 Å². The molecule has 1 aromatic heterocycles. The van der Waals surface area contributed by atoms with E-state index in [-0.39, 0.29) is 12.1 Å². The van der Waals surface area contributed by atoms with E-state index in [1.165, 1.54) is 6.07 Å². The van der Waals surface area contributed by atoms with Crippen LogP contribution in [0.3, 0.4) is 0 Å². The maximum absolute atomic E-state index is 10.8. The highest BCUT2D eigenvalue weighted by atomic mass is 16.6. The Morgan fingerprint density at radius 1 is 1.13 bits per heavy atom. The van der Waals surface area contributed by atoms with Gasteiger partial charge >= 0.3 is 11.7 Å². The molecule has 0 saturated heterocycles. The summed E-state index contributed by atoms with van der Waals surface area (Å²) in [5.41, 5.74) is 0.00820. The zero-order valence-electron chi connectivity index (χ0n) is 13.4. The molecule has 0 aliphatic carbocycles. The Bertz CT molecular complexity index is 494. The zero-order valence-corrected chi connectivity index (χ0v) is 13.4. The van der Waals surface area contributed by atoms with Gasteiger partial charge in [-0.2, -0.15) is 0 Å². The molecule has 0 aliphatic rings. The number of carboxylic acid groups (broad SMARTS) is 1. The van der Waals surface area contributed by atoms with Crippen LogP contribution in [0.25, 0.3) is 0 Å². The lowest BCUT2D eigenvalue weighted by atomic mass is 10.1. The van der Waals surface area contributed by atoms with Gasteiger partial charge in [-0.1, -0.05) is 38.5 Å². The summed E-state index contributed by atoms with van der Waals surface area (Å²) in [6.45, 7) is 0.677. The van der Waals surface area contributed by atoms with Crippen molar-refractivity contribution >= 4 is 17.5 Å². The smallest absolute Gasteiger partial charge is 0.311 e. The average Bonchev–Trinajstić information content (AvgIpc) is 2.52. The first-order chi connectivity index (χ1) is 11.1. The van der Waals surface area contributed by atoms with Crippen molar-refractivity contribution in [3.05, 3.63) is 28.4 Å². The lowest BCUT2D eigenvalue weighted by Gasteiger charge is -2.06. The van der Waals surface area contributed by atoms with Gasteiger partial charge in [-0.05, 0) is 18.9 Å². The van der Waals surface area contributed by atoms with Crippen LogP contribution in [0.2, 0.25) is 0 Å². The minimum Gasteiger partial charge on any atom is -0.481 e. The Kier molecular flexibility index (Phi) is 9.35. The van der Waals surface area contributed by atoms with Crippen LogP contribution < -0.4 is 5.32 Å². The molecule has 0 radical (unpaired) electrons. The molecule has 0 spiro atoms. The molecule has 1 rings (SSSR count). The first-order valence-electron chi connectivity index (χ1n) is 8.16. The summed E-state index contributed by atoms with van der Waals surface area (Å²) in [6, 6.07) is 3.00. The van der Waals surface area contributed by atoms with E-state index >= 15 is 0 Å². The number of pyridine rings is 1. The molecule has 0 bridgehead atoms. The normalized spacial score (nSPS) is 10.4. The summed E-state index contributed by atoms with van der Waals surface area (Å²) >= 11 is 0. The standard InChI is InChI=1S/C16H25N3O4/c20-15(21)11-7-5-3-1-2-4-6-8-12-17-16-14(19(22)23)10-9-13-18-16/h9-10,13H,1-8,11-12H2,(H,17,18)(H,20,21). The summed E-state index contributed by atoms with van der Waals surface area (Å²) < 4.78 is 0. The fourth-order valence-corrected chi connectivity index (χ4v) is 2.35. The van der Waals surface area contributed by atoms with E-state index < -0.39 is 10.9 Å². The maximum atomic E-state index is 10.8. The third-order valence-corrected chi connectivity index (χ3v) is 3.59. The van der Waals surface area contributed by atoms with Crippen LogP contribution in [-0.2, 0) is 4.79 Å². The van der Waals surface area contributed by atoms with Crippen molar-refractivity contribution in [1.29, 1.82) is 0 Å². The Labute approximate surface area is 136 Å². The van der Waals surface area contributed by atoms with Gasteiger partial charge in [0.05, 0.1) is 4.92 Å². The number of nitrogens with zero attached hydrogens (tertiary/aromatic N) is 2. The van der Waals surface area contributed by atoms with Crippen LogP contribution in [0.5, 0.6) is 0 Å². The number of anilines is 1. The van der Waals surface area contributed by atoms with Gasteiger partial charge in [-0.25, -0.2) is 4.98 Å². The quantitative estimate of drug-likeness (QED) is 0.323. The number of rotatable bonds is 13. The van der Waals surface area contributed by atoms with Gasteiger partial charge in [0, 0.05) is 25.2 Å². The van der Waals surface area contributed by atoms with Gasteiger partial charge in [0.2, 0.25) is 5.82 Å². The van der Waals surface area contributed by atoms with E-state index in [1.807, 2.05) is 0 Å². The van der Waals surface area contributed by atoms with Crippen molar-refractivity contribution in [3.63, 3.8) is 0 Å². The van der Waals surface area contributed by atoms with E-state index in [1.54, 1.807) is 12.3 Å². The van der Waals surface area contributed by atoms with E-state index in [9.17, 15) is 14.9 Å². The van der Waals surface area contributed by atoms with E-state index in [2.05, 4.69) is 10.3 Å². The van der Waals surface area contributed by atoms with Crippen molar-refractivity contribution in [2.24, 2.45) is 0 Å². The lowest BCUT2D eigenvalue weighted by molar-refractivity contribution is -0.384. The Hall–Kier alpha value is -2.18. The Balaban J connectivity index is 2.00. The number of hydrogen-bond donors (Lipinski definition) is 2. The van der Waals surface area contributed by atoms with Gasteiger partial charge in [0.15, 0.2) is 0 Å². The van der Waals surface area contributed by atoms with Crippen molar-refractivity contribution in [1.82, 2.24) is 4.98 Å². The topological polar surface area (TPSA) is 105 Å². The largest absolute Gasteiger partial charge is 0.481 e. The second-order valence-corrected chi connectivity index (χ2v) is 5.53. The third kappa shape index (κ3) is 8.75. The van der Waals surface area contributed by atoms with Crippen molar-refractivity contribution in [2.45, 2.75) is 57.8 Å². The molecule has 0 aromatic carbocycles. The fraction of sp³-hybridized carbons (Fsp3) is 0.625. The number of nitrogens with one attached hydrogen (secondary N) is 1. The van der Waals surface area contributed by atoms with Crippen LogP contribution in [-0.4, -0.2) is 27.5 Å². The van der Waals surface area contributed by atoms with Crippen LogP contribution in [0.15, 0.2) is 18.3 Å². The summed E-state index contributed by atoms with van der Waals surface area (Å²) in [5.74, 6) is -0.387. The number of unbranched alkanes of at least 4 members (excludes halogenated alkanes) is 7. The molecule has 0 fully saturated rings. The predicted molar refractivity (Wildman–Crippen MR) is 88.6 cm³/mol. The molecule has 0 saturated carbocycles. The highest BCUT2D eigenvalue weighted by molar-refractivity contribution is 5.66. The highest BCUT2D eigenvalue weighted by Crippen LogP contribution is 2.20. The number of aliphatic carboxylic acids is 1. The number of hydrogen-bond acceptors (Lipinski definition) is 5. The van der Waals surface area contributed by atoms with Crippen molar-refractivity contribution in [2.75, 3.05) is 11.9 Å². The second-order valence-electron chi connectivity index (χ2n) is 5.53. The summed E-state index contributed by atoms with van der Waals surface area (Å²) in [7, 11) is 0. The van der Waals surface area contributed by atoms with Gasteiger partial charge in [0.1, 0.15) is 0 Å². The molecule has 0 amide bonds. The molecule has 2 N–H and O–H groups in total. The van der Waals surface area contributed by atoms with Crippen LogP contribution in [0, 0.1) is 10.1 Å². The van der Waals surface area contributed by atoms with Gasteiger partial charge < -0.3 is 10.4 Å². The zero-order chi connectivity index (χ0) is 16.9. The molecular formula is C16H25N3O4. The summed E-state index contributed by atoms with van der Waals surface area (Å²) in [5, 5.41) is 22.4. The number of aromatic nitrogens is 1. The van der Waals surface area contributed by atoms with Crippen LogP contribution in [0.1, 0.15) is 57.8 Å². The molecule has 7 nitrogen and oxygen atoms in total. The first kappa shape index (κ1) is 18.9. The highest BCUT2D eigenvalue weighted by Gasteiger charge is 2.12. The van der Waals surface area contributed by atoms with Gasteiger partial charge in [0.25, 0.3) is 0 Å². The molecule has 23 heavy (non-hydrogen) atoms. The SMILES string of the molecule is O=C(O)CCCCCCCCCCNc1ncccc1[N+](=O)[O-]. The molecule has 1 heterocycles. The summed E-state index contributed by atoms with van der Waals surface area (Å²) in [6.07, 6.45) is 10.1. The fourth-order valence-electron chi connectivity index (χ4n) is 2.35. The van der Waals surface area contributed by atoms with E-state index in [4.69, 9.17) is 5.11 Å². The minimum atomic E-state index is -0.717. The molecule has 0 unspecified atom stereocenters. The number of carboxylic acids is 1. The first-order valence-corrected chi connectivity index (χ1v) is 8.16. The molecule has 0 atom stereocenters. The minimum absolute atomic E-state index is 0.00820. The Morgan fingerprint density at radius 3 is 2.35 bits per heavy atom. The number of carbonyl (C=O) groups is 1. The van der Waals surface area contributed by atoms with Crippen LogP contribution in [0.4, 0.5) is 11.5 Å². The van der Waals surface area contributed by atoms with E-state index in [0.29, 0.717) is 12.4 Å². The third-order valence-electron chi connectivity index (χ3n) is 3.59. The van der Waals surface area contributed by atoms with E-state index in [0.717, 1.165) is 51.4 Å².